The molecular formula is C7H13N5OS. The Bertz CT molecular complexity index is 287. The number of rotatable bonds is 6. The number of aldehydes is 1. The molecule has 1 aromatic heterocycles. The second-order valence-electron chi connectivity index (χ2n) is 2.97. The fourth-order valence-electron chi connectivity index (χ4n) is 0.843. The van der Waals surface area contributed by atoms with E-state index in [1.165, 1.54) is 11.8 Å². The van der Waals surface area contributed by atoms with Crippen molar-refractivity contribution in [3.63, 3.8) is 0 Å². The van der Waals surface area contributed by atoms with Crippen molar-refractivity contribution in [3.05, 3.63) is 0 Å². The van der Waals surface area contributed by atoms with Gasteiger partial charge in [0.25, 0.3) is 0 Å². The van der Waals surface area contributed by atoms with Gasteiger partial charge in [-0.15, -0.1) is 5.10 Å². The molecule has 0 aliphatic rings. The van der Waals surface area contributed by atoms with Crippen LogP contribution in [-0.4, -0.2) is 57.8 Å². The van der Waals surface area contributed by atoms with Gasteiger partial charge in [0.1, 0.15) is 6.29 Å². The van der Waals surface area contributed by atoms with Crippen molar-refractivity contribution in [2.45, 2.75) is 11.7 Å². The summed E-state index contributed by atoms with van der Waals surface area (Å²) < 4.78 is 1.70. The lowest BCUT2D eigenvalue weighted by molar-refractivity contribution is -0.105. The zero-order valence-electron chi connectivity index (χ0n) is 8.25. The van der Waals surface area contributed by atoms with E-state index in [0.29, 0.717) is 10.9 Å². The fourth-order valence-corrected chi connectivity index (χ4v) is 1.43. The lowest BCUT2D eigenvalue weighted by Gasteiger charge is -2.09. The second kappa shape index (κ2) is 5.71. The van der Waals surface area contributed by atoms with Crippen LogP contribution in [0.2, 0.25) is 0 Å². The van der Waals surface area contributed by atoms with Crippen LogP contribution in [0.5, 0.6) is 0 Å². The van der Waals surface area contributed by atoms with E-state index in [1.807, 2.05) is 14.1 Å². The highest BCUT2D eigenvalue weighted by Gasteiger charge is 2.05. The molecule has 1 heterocycles. The molecule has 0 fully saturated rings. The van der Waals surface area contributed by atoms with Crippen LogP contribution in [0.1, 0.15) is 0 Å². The number of hydrogen-bond acceptors (Lipinski definition) is 6. The Morgan fingerprint density at radius 2 is 2.36 bits per heavy atom. The number of hydrogen-bond donors (Lipinski definition) is 0. The summed E-state index contributed by atoms with van der Waals surface area (Å²) in [6.45, 7) is 1.61. The molecule has 6 nitrogen and oxygen atoms in total. The normalized spacial score (nSPS) is 10.8. The molecule has 0 spiro atoms. The van der Waals surface area contributed by atoms with E-state index in [9.17, 15) is 4.79 Å². The zero-order chi connectivity index (χ0) is 10.4. The van der Waals surface area contributed by atoms with Crippen LogP contribution in [0.4, 0.5) is 0 Å². The van der Waals surface area contributed by atoms with E-state index in [4.69, 9.17) is 0 Å². The molecule has 0 N–H and O–H groups in total. The van der Waals surface area contributed by atoms with Gasteiger partial charge in [0.2, 0.25) is 5.16 Å². The van der Waals surface area contributed by atoms with E-state index < -0.39 is 0 Å². The maximum atomic E-state index is 10.2. The number of carbonyl (C=O) groups is 1. The highest BCUT2D eigenvalue weighted by molar-refractivity contribution is 7.99. The van der Waals surface area contributed by atoms with E-state index >= 15 is 0 Å². The molecule has 7 heteroatoms. The molecular weight excluding hydrogens is 202 g/mol. The predicted molar refractivity (Wildman–Crippen MR) is 53.2 cm³/mol. The molecule has 0 saturated carbocycles. The van der Waals surface area contributed by atoms with Gasteiger partial charge in [-0.05, 0) is 24.5 Å². The fraction of sp³-hybridized carbons (Fsp3) is 0.714. The first-order valence-electron chi connectivity index (χ1n) is 4.21. The third kappa shape index (κ3) is 3.43. The smallest absolute Gasteiger partial charge is 0.209 e. The molecule has 0 aliphatic heterocycles. The average Bonchev–Trinajstić information content (AvgIpc) is 2.58. The summed E-state index contributed by atoms with van der Waals surface area (Å²) in [5.74, 6) is 0.391. The van der Waals surface area contributed by atoms with E-state index in [2.05, 4.69) is 20.4 Å². The van der Waals surface area contributed by atoms with Crippen molar-refractivity contribution in [2.24, 2.45) is 0 Å². The summed E-state index contributed by atoms with van der Waals surface area (Å²) in [5.41, 5.74) is 0. The molecule has 1 aromatic rings. The van der Waals surface area contributed by atoms with Gasteiger partial charge in [-0.1, -0.05) is 11.8 Å². The van der Waals surface area contributed by atoms with Gasteiger partial charge >= 0.3 is 0 Å². The van der Waals surface area contributed by atoms with Crippen molar-refractivity contribution in [1.82, 2.24) is 25.1 Å². The minimum atomic E-state index is 0.391. The Morgan fingerprint density at radius 3 is 3.00 bits per heavy atom. The molecule has 78 valence electrons. The van der Waals surface area contributed by atoms with E-state index in [0.717, 1.165) is 19.4 Å². The standard InChI is InChI=1S/C7H13N5OS/c1-11(2)3-4-12-7(8-9-10-12)14-6-5-13/h5H,3-4,6H2,1-2H3. The number of likely N-dealkylation sites (N-methyl/N-ethyl adjacent to an activating group) is 1. The third-order valence-electron chi connectivity index (χ3n) is 1.54. The maximum absolute atomic E-state index is 10.2. The van der Waals surface area contributed by atoms with Crippen molar-refractivity contribution in [3.8, 4) is 0 Å². The summed E-state index contributed by atoms with van der Waals surface area (Å²) in [4.78, 5) is 12.2. The van der Waals surface area contributed by atoms with Crippen molar-refractivity contribution >= 4 is 18.0 Å². The Kier molecular flexibility index (Phi) is 4.54. The van der Waals surface area contributed by atoms with Gasteiger partial charge in [0, 0.05) is 6.54 Å². The predicted octanol–water partition coefficient (Wildman–Crippen LogP) is -0.474. The number of aromatic nitrogens is 4. The topological polar surface area (TPSA) is 63.9 Å². The molecule has 14 heavy (non-hydrogen) atoms. The molecule has 0 amide bonds. The van der Waals surface area contributed by atoms with Gasteiger partial charge in [-0.2, -0.15) is 0 Å². The Hall–Kier alpha value is -0.950. The van der Waals surface area contributed by atoms with Gasteiger partial charge < -0.3 is 9.69 Å². The number of carbonyl (C=O) groups excluding carboxylic acids is 1. The first-order valence-corrected chi connectivity index (χ1v) is 5.20. The molecule has 0 bridgehead atoms. The van der Waals surface area contributed by atoms with Gasteiger partial charge in [-0.25, -0.2) is 4.68 Å². The lowest BCUT2D eigenvalue weighted by Crippen LogP contribution is -2.19. The Morgan fingerprint density at radius 1 is 1.57 bits per heavy atom. The number of nitrogens with zero attached hydrogens (tertiary/aromatic N) is 5. The molecule has 0 saturated heterocycles. The third-order valence-corrected chi connectivity index (χ3v) is 2.39. The summed E-state index contributed by atoms with van der Waals surface area (Å²) in [5, 5.41) is 11.9. The first kappa shape index (κ1) is 11.1. The Balaban J connectivity index is 2.49. The van der Waals surface area contributed by atoms with E-state index in [-0.39, 0.29) is 0 Å². The summed E-state index contributed by atoms with van der Waals surface area (Å²) in [6.07, 6.45) is 0.843. The number of thioether (sulfide) groups is 1. The number of tetrazole rings is 1. The quantitative estimate of drug-likeness (QED) is 0.472. The lowest BCUT2D eigenvalue weighted by atomic mass is 10.6. The summed E-state index contributed by atoms with van der Waals surface area (Å²) in [6, 6.07) is 0. The second-order valence-corrected chi connectivity index (χ2v) is 3.95. The maximum Gasteiger partial charge on any atom is 0.209 e. The van der Waals surface area contributed by atoms with Crippen LogP contribution in [0.3, 0.4) is 0 Å². The molecule has 0 aliphatic carbocycles. The minimum absolute atomic E-state index is 0.391. The van der Waals surface area contributed by atoms with E-state index in [1.54, 1.807) is 4.68 Å². The molecule has 0 atom stereocenters. The van der Waals surface area contributed by atoms with Crippen LogP contribution in [0.15, 0.2) is 5.16 Å². The van der Waals surface area contributed by atoms with Crippen LogP contribution in [0.25, 0.3) is 0 Å². The van der Waals surface area contributed by atoms with Crippen LogP contribution in [0, 0.1) is 0 Å². The SMILES string of the molecule is CN(C)CCn1nnnc1SCC=O. The summed E-state index contributed by atoms with van der Waals surface area (Å²) >= 11 is 1.35. The Labute approximate surface area is 86.6 Å². The largest absolute Gasteiger partial charge is 0.308 e. The first-order chi connectivity index (χ1) is 6.74. The zero-order valence-corrected chi connectivity index (χ0v) is 9.07. The van der Waals surface area contributed by atoms with Gasteiger partial charge in [0.15, 0.2) is 0 Å². The minimum Gasteiger partial charge on any atom is -0.308 e. The molecule has 0 radical (unpaired) electrons. The highest BCUT2D eigenvalue weighted by atomic mass is 32.2. The monoisotopic (exact) mass is 215 g/mol. The molecule has 1 rings (SSSR count). The van der Waals surface area contributed by atoms with Crippen molar-refractivity contribution < 1.29 is 4.79 Å². The highest BCUT2D eigenvalue weighted by Crippen LogP contribution is 2.11. The van der Waals surface area contributed by atoms with Crippen LogP contribution in [-0.2, 0) is 11.3 Å². The van der Waals surface area contributed by atoms with Gasteiger partial charge in [-0.3, -0.25) is 0 Å². The van der Waals surface area contributed by atoms with Crippen LogP contribution < -0.4 is 0 Å². The van der Waals surface area contributed by atoms with Crippen molar-refractivity contribution in [2.75, 3.05) is 26.4 Å². The summed E-state index contributed by atoms with van der Waals surface area (Å²) in [7, 11) is 3.98. The van der Waals surface area contributed by atoms with Gasteiger partial charge in [0.05, 0.1) is 12.3 Å². The molecule has 0 aromatic carbocycles. The molecule has 0 unspecified atom stereocenters. The van der Waals surface area contributed by atoms with Crippen molar-refractivity contribution in [1.29, 1.82) is 0 Å². The van der Waals surface area contributed by atoms with Crippen LogP contribution >= 0.6 is 11.8 Å². The average molecular weight is 215 g/mol.